The summed E-state index contributed by atoms with van der Waals surface area (Å²) in [5.41, 5.74) is 2.51. The Kier molecular flexibility index (Phi) is 3.83. The van der Waals surface area contributed by atoms with Crippen molar-refractivity contribution in [3.05, 3.63) is 41.0 Å². The lowest BCUT2D eigenvalue weighted by Crippen LogP contribution is -2.35. The van der Waals surface area contributed by atoms with Gasteiger partial charge in [0.1, 0.15) is 5.01 Å². The maximum Gasteiger partial charge on any atom is 0.107 e. The molecule has 1 aromatic carbocycles. The molecule has 0 aliphatic rings. The van der Waals surface area contributed by atoms with Gasteiger partial charge in [0.15, 0.2) is 0 Å². The molecule has 0 radical (unpaired) electrons. The van der Waals surface area contributed by atoms with E-state index >= 15 is 0 Å². The van der Waals surface area contributed by atoms with Crippen molar-refractivity contribution in [3.63, 3.8) is 0 Å². The number of nitrogens with zero attached hydrogens (tertiary/aromatic N) is 1. The SMILES string of the molecule is Cc1nc(CNC(C)(C)C)sc1-c1ccccc1. The zero-order chi connectivity index (χ0) is 13.2. The van der Waals surface area contributed by atoms with Crippen molar-refractivity contribution in [2.75, 3.05) is 0 Å². The predicted molar refractivity (Wildman–Crippen MR) is 78.9 cm³/mol. The number of hydrogen-bond donors (Lipinski definition) is 1. The number of aromatic nitrogens is 1. The van der Waals surface area contributed by atoms with E-state index in [1.807, 2.05) is 6.07 Å². The van der Waals surface area contributed by atoms with E-state index in [9.17, 15) is 0 Å². The van der Waals surface area contributed by atoms with Gasteiger partial charge in [-0.3, -0.25) is 0 Å². The quantitative estimate of drug-likeness (QED) is 0.902. The fourth-order valence-corrected chi connectivity index (χ4v) is 2.74. The monoisotopic (exact) mass is 260 g/mol. The molecule has 18 heavy (non-hydrogen) atoms. The van der Waals surface area contributed by atoms with Crippen molar-refractivity contribution in [2.45, 2.75) is 39.8 Å². The molecule has 0 bridgehead atoms. The molecule has 0 unspecified atom stereocenters. The first-order valence-electron chi connectivity index (χ1n) is 6.22. The molecule has 1 N–H and O–H groups in total. The van der Waals surface area contributed by atoms with Crippen LogP contribution in [0.4, 0.5) is 0 Å². The summed E-state index contributed by atoms with van der Waals surface area (Å²) >= 11 is 1.78. The van der Waals surface area contributed by atoms with Gasteiger partial charge in [-0.1, -0.05) is 30.3 Å². The number of nitrogens with one attached hydrogen (secondary N) is 1. The van der Waals surface area contributed by atoms with Crippen LogP contribution in [0.2, 0.25) is 0 Å². The van der Waals surface area contributed by atoms with Crippen LogP contribution in [0.5, 0.6) is 0 Å². The van der Waals surface area contributed by atoms with E-state index in [0.717, 1.165) is 17.2 Å². The molecule has 1 aromatic heterocycles. The maximum atomic E-state index is 4.65. The van der Waals surface area contributed by atoms with Crippen LogP contribution in [-0.4, -0.2) is 10.5 Å². The van der Waals surface area contributed by atoms with Crippen molar-refractivity contribution < 1.29 is 0 Å². The lowest BCUT2D eigenvalue weighted by atomic mass is 10.1. The molecular weight excluding hydrogens is 240 g/mol. The van der Waals surface area contributed by atoms with Crippen molar-refractivity contribution in [2.24, 2.45) is 0 Å². The minimum absolute atomic E-state index is 0.131. The van der Waals surface area contributed by atoms with Gasteiger partial charge in [-0.2, -0.15) is 0 Å². The molecule has 0 saturated carbocycles. The molecule has 0 spiro atoms. The first kappa shape index (κ1) is 13.2. The Balaban J connectivity index is 2.18. The highest BCUT2D eigenvalue weighted by atomic mass is 32.1. The molecule has 0 amide bonds. The maximum absolute atomic E-state index is 4.65. The van der Waals surface area contributed by atoms with E-state index in [1.54, 1.807) is 11.3 Å². The first-order chi connectivity index (χ1) is 8.46. The van der Waals surface area contributed by atoms with Gasteiger partial charge in [-0.05, 0) is 33.3 Å². The minimum atomic E-state index is 0.131. The van der Waals surface area contributed by atoms with Crippen molar-refractivity contribution >= 4 is 11.3 Å². The Morgan fingerprint density at radius 3 is 2.44 bits per heavy atom. The van der Waals surface area contributed by atoms with Crippen molar-refractivity contribution in [3.8, 4) is 10.4 Å². The second-order valence-electron chi connectivity index (χ2n) is 5.49. The van der Waals surface area contributed by atoms with Gasteiger partial charge in [0.25, 0.3) is 0 Å². The lowest BCUT2D eigenvalue weighted by Gasteiger charge is -2.19. The Bertz CT molecular complexity index is 509. The average Bonchev–Trinajstić information content (AvgIpc) is 2.68. The molecule has 0 atom stereocenters. The summed E-state index contributed by atoms with van der Waals surface area (Å²) in [6.45, 7) is 9.43. The molecular formula is C15H20N2S. The third kappa shape index (κ3) is 3.40. The van der Waals surface area contributed by atoms with E-state index in [2.05, 4.69) is 62.3 Å². The van der Waals surface area contributed by atoms with E-state index in [-0.39, 0.29) is 5.54 Å². The molecule has 3 heteroatoms. The van der Waals surface area contributed by atoms with Crippen LogP contribution in [0.25, 0.3) is 10.4 Å². The Morgan fingerprint density at radius 1 is 1.17 bits per heavy atom. The summed E-state index contributed by atoms with van der Waals surface area (Å²) < 4.78 is 0. The smallest absolute Gasteiger partial charge is 0.107 e. The second-order valence-corrected chi connectivity index (χ2v) is 6.58. The number of rotatable bonds is 3. The highest BCUT2D eigenvalue weighted by Crippen LogP contribution is 2.29. The highest BCUT2D eigenvalue weighted by molar-refractivity contribution is 7.15. The van der Waals surface area contributed by atoms with Crippen LogP contribution in [0.3, 0.4) is 0 Å². The minimum Gasteiger partial charge on any atom is -0.306 e. The van der Waals surface area contributed by atoms with Crippen LogP contribution >= 0.6 is 11.3 Å². The topological polar surface area (TPSA) is 24.9 Å². The second kappa shape index (κ2) is 5.21. The summed E-state index contributed by atoms with van der Waals surface area (Å²) in [5, 5.41) is 4.63. The third-order valence-electron chi connectivity index (χ3n) is 2.65. The van der Waals surface area contributed by atoms with Gasteiger partial charge >= 0.3 is 0 Å². The summed E-state index contributed by atoms with van der Waals surface area (Å²) in [6, 6.07) is 10.5. The van der Waals surface area contributed by atoms with E-state index in [0.29, 0.717) is 0 Å². The van der Waals surface area contributed by atoms with Crippen LogP contribution in [-0.2, 0) is 6.54 Å². The number of thiazole rings is 1. The van der Waals surface area contributed by atoms with Gasteiger partial charge in [0.2, 0.25) is 0 Å². The van der Waals surface area contributed by atoms with Gasteiger partial charge in [0.05, 0.1) is 10.6 Å². The van der Waals surface area contributed by atoms with Crippen molar-refractivity contribution in [1.82, 2.24) is 10.3 Å². The standard InChI is InChI=1S/C15H20N2S/c1-11-14(12-8-6-5-7-9-12)18-13(17-11)10-16-15(2,3)4/h5-9,16H,10H2,1-4H3. The largest absolute Gasteiger partial charge is 0.306 e. The summed E-state index contributed by atoms with van der Waals surface area (Å²) in [5.74, 6) is 0. The predicted octanol–water partition coefficient (Wildman–Crippen LogP) is 4.01. The Labute approximate surface area is 113 Å². The van der Waals surface area contributed by atoms with Gasteiger partial charge < -0.3 is 5.32 Å². The van der Waals surface area contributed by atoms with E-state index in [1.165, 1.54) is 10.4 Å². The summed E-state index contributed by atoms with van der Waals surface area (Å²) in [4.78, 5) is 5.93. The summed E-state index contributed by atoms with van der Waals surface area (Å²) in [7, 11) is 0. The van der Waals surface area contributed by atoms with E-state index in [4.69, 9.17) is 0 Å². The third-order valence-corrected chi connectivity index (χ3v) is 3.85. The van der Waals surface area contributed by atoms with Gasteiger partial charge in [0, 0.05) is 12.1 Å². The first-order valence-corrected chi connectivity index (χ1v) is 7.04. The fraction of sp³-hybridized carbons (Fsp3) is 0.400. The van der Waals surface area contributed by atoms with Crippen LogP contribution in [0.1, 0.15) is 31.5 Å². The summed E-state index contributed by atoms with van der Waals surface area (Å²) in [6.07, 6.45) is 0. The van der Waals surface area contributed by atoms with Crippen LogP contribution < -0.4 is 5.32 Å². The molecule has 2 nitrogen and oxygen atoms in total. The zero-order valence-electron chi connectivity index (χ0n) is 11.4. The van der Waals surface area contributed by atoms with Gasteiger partial charge in [-0.15, -0.1) is 11.3 Å². The number of hydrogen-bond acceptors (Lipinski definition) is 3. The molecule has 0 saturated heterocycles. The van der Waals surface area contributed by atoms with Gasteiger partial charge in [-0.25, -0.2) is 4.98 Å². The van der Waals surface area contributed by atoms with Crippen LogP contribution in [0, 0.1) is 6.92 Å². The number of benzene rings is 1. The molecule has 1 heterocycles. The average molecular weight is 260 g/mol. The molecule has 2 aromatic rings. The fourth-order valence-electron chi connectivity index (χ4n) is 1.73. The normalized spacial score (nSPS) is 11.8. The lowest BCUT2D eigenvalue weighted by molar-refractivity contribution is 0.423. The molecule has 2 rings (SSSR count). The highest BCUT2D eigenvalue weighted by Gasteiger charge is 2.12. The Morgan fingerprint density at radius 2 is 1.83 bits per heavy atom. The Hall–Kier alpha value is -1.19. The molecule has 96 valence electrons. The molecule has 0 aliphatic heterocycles. The number of aryl methyl sites for hydroxylation is 1. The molecule has 0 aliphatic carbocycles. The van der Waals surface area contributed by atoms with Crippen molar-refractivity contribution in [1.29, 1.82) is 0 Å². The molecule has 0 fully saturated rings. The van der Waals surface area contributed by atoms with Crippen LogP contribution in [0.15, 0.2) is 30.3 Å². The zero-order valence-corrected chi connectivity index (χ0v) is 12.3. The van der Waals surface area contributed by atoms with E-state index < -0.39 is 0 Å².